The number of amides is 1. The number of ether oxygens (including phenoxy) is 1. The van der Waals surface area contributed by atoms with Gasteiger partial charge in [0.1, 0.15) is 11.3 Å². The summed E-state index contributed by atoms with van der Waals surface area (Å²) < 4.78 is 7.53. The second-order valence-electron chi connectivity index (χ2n) is 8.58. The van der Waals surface area contributed by atoms with E-state index < -0.39 is 0 Å². The number of nitrogens with zero attached hydrogens (tertiary/aromatic N) is 3. The minimum atomic E-state index is -0.217. The highest BCUT2D eigenvalue weighted by Gasteiger charge is 2.26. The Morgan fingerprint density at radius 2 is 1.74 bits per heavy atom. The summed E-state index contributed by atoms with van der Waals surface area (Å²) >= 11 is 6.13. The molecule has 1 aliphatic heterocycles. The van der Waals surface area contributed by atoms with Gasteiger partial charge in [0.2, 0.25) is 0 Å². The Kier molecular flexibility index (Phi) is 7.27. The van der Waals surface area contributed by atoms with Gasteiger partial charge in [0, 0.05) is 60.9 Å². The predicted molar refractivity (Wildman–Crippen MR) is 136 cm³/mol. The number of piperazine rings is 1. The van der Waals surface area contributed by atoms with E-state index in [1.165, 1.54) is 0 Å². The van der Waals surface area contributed by atoms with Crippen molar-refractivity contribution in [3.8, 4) is 5.75 Å². The number of pyridine rings is 1. The van der Waals surface area contributed by atoms with Crippen LogP contribution in [0.4, 0.5) is 5.69 Å². The lowest BCUT2D eigenvalue weighted by molar-refractivity contribution is 0.0743. The molecule has 1 aliphatic rings. The number of anilines is 1. The fourth-order valence-corrected chi connectivity index (χ4v) is 4.85. The van der Waals surface area contributed by atoms with Crippen molar-refractivity contribution in [3.05, 3.63) is 92.4 Å². The minimum absolute atomic E-state index is 0.195. The van der Waals surface area contributed by atoms with Crippen molar-refractivity contribution >= 4 is 23.2 Å². The summed E-state index contributed by atoms with van der Waals surface area (Å²) in [6.45, 7) is 6.93. The summed E-state index contributed by atoms with van der Waals surface area (Å²) in [6.07, 6.45) is 0.737. The lowest BCUT2D eigenvalue weighted by atomic mass is 10.1. The first kappa shape index (κ1) is 23.9. The highest BCUT2D eigenvalue weighted by Crippen LogP contribution is 2.22. The molecular weight excluding hydrogens is 450 g/mol. The predicted octanol–water partition coefficient (Wildman–Crippen LogP) is 4.33. The number of benzene rings is 2. The number of hydrogen-bond donors (Lipinski definition) is 0. The van der Waals surface area contributed by atoms with Crippen LogP contribution in [0.1, 0.15) is 27.3 Å². The van der Waals surface area contributed by atoms with Crippen LogP contribution in [0.15, 0.2) is 59.4 Å². The molecule has 2 aromatic carbocycles. The molecule has 0 radical (unpaired) electrons. The number of halogens is 1. The summed E-state index contributed by atoms with van der Waals surface area (Å²) in [7, 11) is 1.66. The Bertz CT molecular complexity index is 1250. The number of aromatic nitrogens is 1. The fourth-order valence-electron chi connectivity index (χ4n) is 4.66. The minimum Gasteiger partial charge on any atom is -0.496 e. The summed E-state index contributed by atoms with van der Waals surface area (Å²) in [6, 6.07) is 17.2. The van der Waals surface area contributed by atoms with Crippen LogP contribution in [0, 0.1) is 13.8 Å². The molecule has 1 fully saturated rings. The number of aryl methyl sites for hydroxylation is 2. The van der Waals surface area contributed by atoms with E-state index in [0.29, 0.717) is 43.4 Å². The molecule has 0 spiro atoms. The Balaban J connectivity index is 1.51. The summed E-state index contributed by atoms with van der Waals surface area (Å²) in [5.41, 5.74) is 3.74. The third-order valence-corrected chi connectivity index (χ3v) is 6.77. The molecule has 0 aliphatic carbocycles. The van der Waals surface area contributed by atoms with Gasteiger partial charge in [0.25, 0.3) is 5.91 Å². The maximum absolute atomic E-state index is 13.4. The third kappa shape index (κ3) is 4.97. The molecular formula is C27H30ClN3O3. The average molecular weight is 480 g/mol. The molecule has 1 saturated heterocycles. The van der Waals surface area contributed by atoms with Crippen molar-refractivity contribution in [2.24, 2.45) is 0 Å². The van der Waals surface area contributed by atoms with Crippen molar-refractivity contribution in [3.63, 3.8) is 0 Å². The second-order valence-corrected chi connectivity index (χ2v) is 9.02. The van der Waals surface area contributed by atoms with Crippen molar-refractivity contribution in [2.45, 2.75) is 26.8 Å². The lowest BCUT2D eigenvalue weighted by Crippen LogP contribution is -2.50. The maximum Gasteiger partial charge on any atom is 0.259 e. The smallest absolute Gasteiger partial charge is 0.259 e. The third-order valence-electron chi connectivity index (χ3n) is 6.53. The summed E-state index contributed by atoms with van der Waals surface area (Å²) in [5.74, 6) is 0.645. The largest absolute Gasteiger partial charge is 0.496 e. The number of carbonyl (C=O) groups excluding carboxylic acids is 1. The van der Waals surface area contributed by atoms with Crippen LogP contribution in [0.25, 0.3) is 0 Å². The Morgan fingerprint density at radius 1 is 1.00 bits per heavy atom. The molecule has 0 atom stereocenters. The molecule has 2 heterocycles. The van der Waals surface area contributed by atoms with Crippen LogP contribution < -0.4 is 15.1 Å². The zero-order chi connectivity index (χ0) is 24.2. The quantitative estimate of drug-likeness (QED) is 0.528. The van der Waals surface area contributed by atoms with Gasteiger partial charge in [0.15, 0.2) is 5.43 Å². The van der Waals surface area contributed by atoms with E-state index in [-0.39, 0.29) is 16.9 Å². The van der Waals surface area contributed by atoms with Crippen LogP contribution in [0.3, 0.4) is 0 Å². The van der Waals surface area contributed by atoms with Gasteiger partial charge in [0.05, 0.1) is 7.11 Å². The van der Waals surface area contributed by atoms with Gasteiger partial charge >= 0.3 is 0 Å². The van der Waals surface area contributed by atoms with Gasteiger partial charge in [-0.2, -0.15) is 0 Å². The van der Waals surface area contributed by atoms with Gasteiger partial charge < -0.3 is 19.1 Å². The summed E-state index contributed by atoms with van der Waals surface area (Å²) in [4.78, 5) is 30.3. The number of para-hydroxylation sites is 1. The monoisotopic (exact) mass is 479 g/mol. The molecule has 0 N–H and O–H groups in total. The molecule has 3 aromatic rings. The van der Waals surface area contributed by atoms with E-state index in [2.05, 4.69) is 9.47 Å². The normalized spacial score (nSPS) is 13.8. The van der Waals surface area contributed by atoms with Gasteiger partial charge in [-0.3, -0.25) is 9.59 Å². The van der Waals surface area contributed by atoms with Crippen LogP contribution in [-0.2, 0) is 13.0 Å². The SMILES string of the molecule is COc1ccccc1CCn1c(C)cc(=O)c(C(=O)N2CCN(c3cccc(Cl)c3)CC2)c1C. The number of carbonyl (C=O) groups is 1. The van der Waals surface area contributed by atoms with Crippen LogP contribution >= 0.6 is 11.6 Å². The zero-order valence-electron chi connectivity index (χ0n) is 19.9. The van der Waals surface area contributed by atoms with Crippen molar-refractivity contribution in [1.29, 1.82) is 0 Å². The molecule has 1 aromatic heterocycles. The van der Waals surface area contributed by atoms with Crippen LogP contribution in [0.2, 0.25) is 5.02 Å². The van der Waals surface area contributed by atoms with Gasteiger partial charge in [-0.25, -0.2) is 0 Å². The molecule has 178 valence electrons. The van der Waals surface area contributed by atoms with Crippen molar-refractivity contribution in [2.75, 3.05) is 38.2 Å². The molecule has 1 amide bonds. The van der Waals surface area contributed by atoms with E-state index in [4.69, 9.17) is 16.3 Å². The standard InChI is InChI=1S/C27H30ClN3O3/c1-19-17-24(32)26(20(2)31(19)12-11-21-7-4-5-10-25(21)34-3)27(33)30-15-13-29(14-16-30)23-9-6-8-22(28)18-23/h4-10,17-18H,11-16H2,1-3H3. The van der Waals surface area contributed by atoms with Crippen molar-refractivity contribution in [1.82, 2.24) is 9.47 Å². The first-order valence-electron chi connectivity index (χ1n) is 11.5. The zero-order valence-corrected chi connectivity index (χ0v) is 20.6. The van der Waals surface area contributed by atoms with E-state index in [0.717, 1.165) is 29.1 Å². The van der Waals surface area contributed by atoms with E-state index in [1.54, 1.807) is 18.1 Å². The van der Waals surface area contributed by atoms with E-state index in [9.17, 15) is 9.59 Å². The van der Waals surface area contributed by atoms with Crippen molar-refractivity contribution < 1.29 is 9.53 Å². The van der Waals surface area contributed by atoms with Gasteiger partial charge in [-0.15, -0.1) is 0 Å². The number of hydrogen-bond acceptors (Lipinski definition) is 4. The maximum atomic E-state index is 13.4. The first-order chi connectivity index (χ1) is 16.4. The molecule has 0 saturated carbocycles. The second kappa shape index (κ2) is 10.3. The molecule has 34 heavy (non-hydrogen) atoms. The summed E-state index contributed by atoms with van der Waals surface area (Å²) in [5, 5.41) is 0.694. The molecule has 4 rings (SSSR count). The molecule has 6 nitrogen and oxygen atoms in total. The average Bonchev–Trinajstić information content (AvgIpc) is 2.84. The van der Waals surface area contributed by atoms with Crippen LogP contribution in [-0.4, -0.2) is 48.7 Å². The Hall–Kier alpha value is -3.25. The van der Waals surface area contributed by atoms with Crippen LogP contribution in [0.5, 0.6) is 5.75 Å². The number of methoxy groups -OCH3 is 1. The highest BCUT2D eigenvalue weighted by molar-refractivity contribution is 6.30. The number of rotatable bonds is 6. The van der Waals surface area contributed by atoms with E-state index >= 15 is 0 Å². The Labute approximate surface area is 205 Å². The molecule has 7 heteroatoms. The van der Waals surface area contributed by atoms with Gasteiger partial charge in [-0.05, 0) is 50.1 Å². The van der Waals surface area contributed by atoms with E-state index in [1.807, 2.05) is 62.4 Å². The highest BCUT2D eigenvalue weighted by atomic mass is 35.5. The first-order valence-corrected chi connectivity index (χ1v) is 11.9. The molecule has 0 unspecified atom stereocenters. The fraction of sp³-hybridized carbons (Fsp3) is 0.333. The Morgan fingerprint density at radius 3 is 2.44 bits per heavy atom. The molecule has 0 bridgehead atoms. The topological polar surface area (TPSA) is 54.8 Å². The van der Waals surface area contributed by atoms with Gasteiger partial charge in [-0.1, -0.05) is 35.9 Å². The lowest BCUT2D eigenvalue weighted by Gasteiger charge is -2.36.